The van der Waals surface area contributed by atoms with Gasteiger partial charge in [0.15, 0.2) is 11.9 Å². The van der Waals surface area contributed by atoms with E-state index in [1.807, 2.05) is 30.3 Å². The van der Waals surface area contributed by atoms with E-state index in [2.05, 4.69) is 12.2 Å². The number of nitrogens with one attached hydrogen (secondary N) is 1. The molecule has 1 amide bonds. The van der Waals surface area contributed by atoms with Crippen LogP contribution in [0.1, 0.15) is 42.6 Å². The predicted molar refractivity (Wildman–Crippen MR) is 94.4 cm³/mol. The minimum atomic E-state index is -0.629. The van der Waals surface area contributed by atoms with Gasteiger partial charge in [0, 0.05) is 12.1 Å². The molecule has 0 unspecified atom stereocenters. The molecular weight excluding hydrogens is 302 g/mol. The molecule has 4 nitrogen and oxygen atoms in total. The van der Waals surface area contributed by atoms with Gasteiger partial charge < -0.3 is 10.1 Å². The highest BCUT2D eigenvalue weighted by atomic mass is 16.5. The van der Waals surface area contributed by atoms with Gasteiger partial charge in [0.2, 0.25) is 0 Å². The van der Waals surface area contributed by atoms with Crippen molar-refractivity contribution in [3.8, 4) is 5.75 Å². The van der Waals surface area contributed by atoms with Gasteiger partial charge in [0.1, 0.15) is 5.75 Å². The van der Waals surface area contributed by atoms with E-state index in [9.17, 15) is 9.59 Å². The molecule has 4 heteroatoms. The second-order valence-corrected chi connectivity index (χ2v) is 5.90. The van der Waals surface area contributed by atoms with Crippen molar-refractivity contribution in [3.05, 3.63) is 65.7 Å². The summed E-state index contributed by atoms with van der Waals surface area (Å²) in [5, 5.41) is 2.91. The molecule has 2 aromatic carbocycles. The van der Waals surface area contributed by atoms with Gasteiger partial charge in [0.05, 0.1) is 0 Å². The summed E-state index contributed by atoms with van der Waals surface area (Å²) in [4.78, 5) is 23.6. The number of benzene rings is 2. The molecule has 0 aliphatic carbocycles. The summed E-state index contributed by atoms with van der Waals surface area (Å²) in [5.41, 5.74) is 1.75. The highest BCUT2D eigenvalue weighted by Gasteiger charge is 2.16. The Hall–Kier alpha value is -2.62. The van der Waals surface area contributed by atoms with Crippen LogP contribution in [0.15, 0.2) is 54.6 Å². The number of hydrogen-bond acceptors (Lipinski definition) is 3. The lowest BCUT2D eigenvalue weighted by Crippen LogP contribution is -2.38. The average molecular weight is 325 g/mol. The van der Waals surface area contributed by atoms with Crippen LogP contribution in [-0.4, -0.2) is 24.3 Å². The summed E-state index contributed by atoms with van der Waals surface area (Å²) in [5.74, 6) is 0.532. The van der Waals surface area contributed by atoms with Gasteiger partial charge in [-0.2, -0.15) is 0 Å². The maximum atomic E-state index is 12.2. The second-order valence-electron chi connectivity index (χ2n) is 5.90. The zero-order valence-electron chi connectivity index (χ0n) is 14.3. The van der Waals surface area contributed by atoms with Crippen LogP contribution in [0, 0.1) is 0 Å². The smallest absolute Gasteiger partial charge is 0.260 e. The first kappa shape index (κ1) is 17.7. The number of rotatable bonds is 7. The molecule has 2 atom stereocenters. The zero-order chi connectivity index (χ0) is 17.5. The molecule has 0 heterocycles. The van der Waals surface area contributed by atoms with Crippen molar-refractivity contribution >= 4 is 11.7 Å². The van der Waals surface area contributed by atoms with Crippen LogP contribution in [0.2, 0.25) is 0 Å². The molecule has 0 bridgehead atoms. The standard InChI is InChI=1S/C20H23NO3/c1-14(17-8-5-4-6-9-17)13-21-20(23)16(3)24-19-11-7-10-18(12-19)15(2)22/h4-12,14,16H,13H2,1-3H3,(H,21,23)/t14-,16-/m1/s1. The van der Waals surface area contributed by atoms with Crippen molar-refractivity contribution in [3.63, 3.8) is 0 Å². The van der Waals surface area contributed by atoms with Crippen LogP contribution < -0.4 is 10.1 Å². The fraction of sp³-hybridized carbons (Fsp3) is 0.300. The number of hydrogen-bond donors (Lipinski definition) is 1. The molecule has 0 radical (unpaired) electrons. The molecule has 0 saturated carbocycles. The quantitative estimate of drug-likeness (QED) is 0.792. The Labute approximate surface area is 142 Å². The van der Waals surface area contributed by atoms with Crippen LogP contribution in [-0.2, 0) is 4.79 Å². The number of Topliss-reactive ketones (excluding diaryl/α,β-unsaturated/α-hetero) is 1. The Bertz CT molecular complexity index is 697. The summed E-state index contributed by atoms with van der Waals surface area (Å²) in [6.45, 7) is 5.81. The first-order valence-corrected chi connectivity index (χ1v) is 8.07. The Morgan fingerprint density at radius 3 is 2.42 bits per heavy atom. The molecule has 0 aliphatic rings. The van der Waals surface area contributed by atoms with Crippen molar-refractivity contribution in [2.75, 3.05) is 6.54 Å². The molecule has 2 aromatic rings. The number of ketones is 1. The van der Waals surface area contributed by atoms with Crippen molar-refractivity contribution in [2.45, 2.75) is 32.8 Å². The Balaban J connectivity index is 1.88. The van der Waals surface area contributed by atoms with Gasteiger partial charge in [0.25, 0.3) is 5.91 Å². The van der Waals surface area contributed by atoms with E-state index in [1.165, 1.54) is 12.5 Å². The lowest BCUT2D eigenvalue weighted by atomic mass is 10.0. The molecule has 0 saturated heterocycles. The number of carbonyl (C=O) groups is 2. The normalized spacial score (nSPS) is 13.0. The van der Waals surface area contributed by atoms with Gasteiger partial charge in [-0.1, -0.05) is 49.4 Å². The number of carbonyl (C=O) groups excluding carboxylic acids is 2. The van der Waals surface area contributed by atoms with E-state index in [0.717, 1.165) is 0 Å². The summed E-state index contributed by atoms with van der Waals surface area (Å²) >= 11 is 0. The lowest BCUT2D eigenvalue weighted by Gasteiger charge is -2.17. The molecule has 24 heavy (non-hydrogen) atoms. The van der Waals surface area contributed by atoms with E-state index in [4.69, 9.17) is 4.74 Å². The molecule has 0 aliphatic heterocycles. The van der Waals surface area contributed by atoms with Gasteiger partial charge in [-0.05, 0) is 37.5 Å². The number of ether oxygens (including phenoxy) is 1. The van der Waals surface area contributed by atoms with Gasteiger partial charge >= 0.3 is 0 Å². The van der Waals surface area contributed by atoms with Crippen LogP contribution in [0.5, 0.6) is 5.75 Å². The first-order valence-electron chi connectivity index (χ1n) is 8.07. The SMILES string of the molecule is CC(=O)c1cccc(O[C@H](C)C(=O)NC[C@@H](C)c2ccccc2)c1. The Morgan fingerprint density at radius 2 is 1.75 bits per heavy atom. The Morgan fingerprint density at radius 1 is 1.04 bits per heavy atom. The summed E-state index contributed by atoms with van der Waals surface area (Å²) in [6.07, 6.45) is -0.629. The minimum absolute atomic E-state index is 0.0331. The van der Waals surface area contributed by atoms with Gasteiger partial charge in [-0.15, -0.1) is 0 Å². The first-order chi connectivity index (χ1) is 11.5. The molecule has 126 valence electrons. The van der Waals surface area contributed by atoms with E-state index >= 15 is 0 Å². The third-order valence-corrected chi connectivity index (χ3v) is 3.87. The molecule has 1 N–H and O–H groups in total. The van der Waals surface area contributed by atoms with Crippen molar-refractivity contribution in [1.82, 2.24) is 5.32 Å². The van der Waals surface area contributed by atoms with E-state index in [-0.39, 0.29) is 17.6 Å². The largest absolute Gasteiger partial charge is 0.481 e. The highest BCUT2D eigenvalue weighted by molar-refractivity contribution is 5.94. The molecular formula is C20H23NO3. The van der Waals surface area contributed by atoms with Crippen LogP contribution >= 0.6 is 0 Å². The predicted octanol–water partition coefficient (Wildman–Crippen LogP) is 3.58. The third-order valence-electron chi connectivity index (χ3n) is 3.87. The van der Waals surface area contributed by atoms with Crippen LogP contribution in [0.4, 0.5) is 0 Å². The van der Waals surface area contributed by atoms with E-state index in [1.54, 1.807) is 31.2 Å². The summed E-state index contributed by atoms with van der Waals surface area (Å²) < 4.78 is 5.64. The second kappa shape index (κ2) is 8.29. The molecule has 0 spiro atoms. The molecule has 2 rings (SSSR count). The van der Waals surface area contributed by atoms with Crippen LogP contribution in [0.25, 0.3) is 0 Å². The highest BCUT2D eigenvalue weighted by Crippen LogP contribution is 2.16. The zero-order valence-corrected chi connectivity index (χ0v) is 14.3. The lowest BCUT2D eigenvalue weighted by molar-refractivity contribution is -0.127. The number of amides is 1. The average Bonchev–Trinajstić information content (AvgIpc) is 2.60. The molecule has 0 aromatic heterocycles. The maximum absolute atomic E-state index is 12.2. The maximum Gasteiger partial charge on any atom is 0.260 e. The van der Waals surface area contributed by atoms with Crippen molar-refractivity contribution < 1.29 is 14.3 Å². The van der Waals surface area contributed by atoms with Crippen LogP contribution in [0.3, 0.4) is 0 Å². The van der Waals surface area contributed by atoms with E-state index in [0.29, 0.717) is 17.9 Å². The monoisotopic (exact) mass is 325 g/mol. The third kappa shape index (κ3) is 4.95. The topological polar surface area (TPSA) is 55.4 Å². The summed E-state index contributed by atoms with van der Waals surface area (Å²) in [7, 11) is 0. The van der Waals surface area contributed by atoms with E-state index < -0.39 is 6.10 Å². The Kier molecular flexibility index (Phi) is 6.13. The van der Waals surface area contributed by atoms with Crippen molar-refractivity contribution in [1.29, 1.82) is 0 Å². The molecule has 0 fully saturated rings. The van der Waals surface area contributed by atoms with Gasteiger partial charge in [-0.3, -0.25) is 9.59 Å². The van der Waals surface area contributed by atoms with Gasteiger partial charge in [-0.25, -0.2) is 0 Å². The van der Waals surface area contributed by atoms with Crippen molar-refractivity contribution in [2.24, 2.45) is 0 Å². The minimum Gasteiger partial charge on any atom is -0.481 e. The fourth-order valence-corrected chi connectivity index (χ4v) is 2.34. The fourth-order valence-electron chi connectivity index (χ4n) is 2.34. The summed E-state index contributed by atoms with van der Waals surface area (Å²) in [6, 6.07) is 16.9.